The molecule has 0 fully saturated rings. The number of hydrogen-bond donors (Lipinski definition) is 3. The zero-order chi connectivity index (χ0) is 17.7. The minimum Gasteiger partial charge on any atom is -0.478 e. The summed E-state index contributed by atoms with van der Waals surface area (Å²) >= 11 is 0. The maximum Gasteiger partial charge on any atom is 0.337 e. The van der Waals surface area contributed by atoms with Crippen molar-refractivity contribution in [2.24, 2.45) is 5.73 Å². The van der Waals surface area contributed by atoms with Crippen molar-refractivity contribution in [2.45, 2.75) is 19.8 Å². The predicted octanol–water partition coefficient (Wildman–Crippen LogP) is 2.80. The van der Waals surface area contributed by atoms with E-state index in [0.29, 0.717) is 17.3 Å². The molecule has 0 aromatic heterocycles. The first-order valence-corrected chi connectivity index (χ1v) is 7.98. The molecule has 4 N–H and O–H groups in total. The van der Waals surface area contributed by atoms with Gasteiger partial charge < -0.3 is 20.8 Å². The quantitative estimate of drug-likeness (QED) is 0.643. The van der Waals surface area contributed by atoms with Crippen molar-refractivity contribution in [3.05, 3.63) is 41.5 Å². The third-order valence-corrected chi connectivity index (χ3v) is 4.08. The summed E-state index contributed by atoms with van der Waals surface area (Å²) in [5.74, 6) is -2.48. The Bertz CT molecular complexity index is 758. The van der Waals surface area contributed by atoms with Crippen LogP contribution < -0.4 is 10.6 Å². The number of aromatic carboxylic acids is 2. The van der Waals surface area contributed by atoms with Crippen LogP contribution in [-0.4, -0.2) is 41.8 Å². The molecule has 0 spiro atoms. The van der Waals surface area contributed by atoms with Gasteiger partial charge in [-0.1, -0.05) is 12.1 Å². The molecule has 0 aliphatic heterocycles. The largest absolute Gasteiger partial charge is 0.478 e. The van der Waals surface area contributed by atoms with Gasteiger partial charge in [0.25, 0.3) is 0 Å². The van der Waals surface area contributed by atoms with E-state index in [1.807, 2.05) is 19.1 Å². The van der Waals surface area contributed by atoms with Crippen LogP contribution in [0.15, 0.2) is 30.3 Å². The first-order chi connectivity index (χ1) is 11.5. The smallest absolute Gasteiger partial charge is 0.337 e. The van der Waals surface area contributed by atoms with Crippen molar-refractivity contribution in [2.75, 3.05) is 24.5 Å². The summed E-state index contributed by atoms with van der Waals surface area (Å²) in [6.07, 6.45) is 1.87. The van der Waals surface area contributed by atoms with Crippen molar-refractivity contribution in [1.82, 2.24) is 0 Å². The first-order valence-electron chi connectivity index (χ1n) is 7.98. The molecule has 0 unspecified atom stereocenters. The highest BCUT2D eigenvalue weighted by Crippen LogP contribution is 2.28. The van der Waals surface area contributed by atoms with E-state index in [1.165, 1.54) is 6.07 Å². The van der Waals surface area contributed by atoms with Crippen LogP contribution >= 0.6 is 0 Å². The predicted molar refractivity (Wildman–Crippen MR) is 94.0 cm³/mol. The molecule has 0 aliphatic carbocycles. The highest BCUT2D eigenvalue weighted by molar-refractivity contribution is 6.12. The minimum absolute atomic E-state index is 0.167. The van der Waals surface area contributed by atoms with Gasteiger partial charge in [0.05, 0.1) is 11.1 Å². The minimum atomic E-state index is -1.24. The second-order valence-corrected chi connectivity index (χ2v) is 5.58. The SMILES string of the molecule is CCN(CCCCN)c1ccc2ccc(C(=O)O)c(C(=O)O)c2c1. The van der Waals surface area contributed by atoms with Crippen molar-refractivity contribution in [3.8, 4) is 0 Å². The standard InChI is InChI=1S/C18H22N2O4/c1-2-20(10-4-3-9-19)13-7-5-12-6-8-14(17(21)22)16(18(23)24)15(12)11-13/h5-8,11H,2-4,9-10,19H2,1H3,(H,21,22)(H,23,24). The number of fused-ring (bicyclic) bond motifs is 1. The number of carboxylic acid groups (broad SMARTS) is 2. The van der Waals surface area contributed by atoms with Crippen LogP contribution in [0.2, 0.25) is 0 Å². The number of benzene rings is 2. The second-order valence-electron chi connectivity index (χ2n) is 5.58. The molecular weight excluding hydrogens is 308 g/mol. The fraction of sp³-hybridized carbons (Fsp3) is 0.333. The lowest BCUT2D eigenvalue weighted by Gasteiger charge is -2.23. The van der Waals surface area contributed by atoms with E-state index >= 15 is 0 Å². The summed E-state index contributed by atoms with van der Waals surface area (Å²) in [7, 11) is 0. The Morgan fingerprint density at radius 1 is 1.08 bits per heavy atom. The van der Waals surface area contributed by atoms with Crippen molar-refractivity contribution >= 4 is 28.4 Å². The molecule has 6 nitrogen and oxygen atoms in total. The summed E-state index contributed by atoms with van der Waals surface area (Å²) in [6.45, 7) is 4.26. The molecule has 6 heteroatoms. The van der Waals surface area contributed by atoms with E-state index in [-0.39, 0.29) is 11.1 Å². The topological polar surface area (TPSA) is 104 Å². The molecule has 2 rings (SSSR count). The van der Waals surface area contributed by atoms with Gasteiger partial charge in [0, 0.05) is 18.8 Å². The molecule has 2 aromatic rings. The number of unbranched alkanes of at least 4 members (excludes halogenated alkanes) is 1. The van der Waals surface area contributed by atoms with E-state index in [9.17, 15) is 19.8 Å². The van der Waals surface area contributed by atoms with Crippen LogP contribution in [0.5, 0.6) is 0 Å². The molecule has 0 amide bonds. The Hall–Kier alpha value is -2.60. The average Bonchev–Trinajstić information content (AvgIpc) is 2.57. The first kappa shape index (κ1) is 17.7. The van der Waals surface area contributed by atoms with Gasteiger partial charge in [0.2, 0.25) is 0 Å². The number of carboxylic acids is 2. The summed E-state index contributed by atoms with van der Waals surface area (Å²) in [6, 6.07) is 8.50. The van der Waals surface area contributed by atoms with E-state index in [4.69, 9.17) is 5.73 Å². The van der Waals surface area contributed by atoms with Gasteiger partial charge in [-0.2, -0.15) is 0 Å². The molecule has 128 valence electrons. The van der Waals surface area contributed by atoms with E-state index in [0.717, 1.165) is 31.6 Å². The monoisotopic (exact) mass is 330 g/mol. The van der Waals surface area contributed by atoms with Crippen molar-refractivity contribution in [1.29, 1.82) is 0 Å². The van der Waals surface area contributed by atoms with Gasteiger partial charge in [-0.3, -0.25) is 0 Å². The van der Waals surface area contributed by atoms with Crippen LogP contribution in [-0.2, 0) is 0 Å². The summed E-state index contributed by atoms with van der Waals surface area (Å²) in [4.78, 5) is 25.1. The zero-order valence-corrected chi connectivity index (χ0v) is 13.7. The van der Waals surface area contributed by atoms with Crippen LogP contribution in [0, 0.1) is 0 Å². The van der Waals surface area contributed by atoms with Crippen LogP contribution in [0.1, 0.15) is 40.5 Å². The number of rotatable bonds is 8. The highest BCUT2D eigenvalue weighted by Gasteiger charge is 2.20. The van der Waals surface area contributed by atoms with Crippen LogP contribution in [0.25, 0.3) is 10.8 Å². The molecule has 0 heterocycles. The fourth-order valence-corrected chi connectivity index (χ4v) is 2.83. The molecule has 0 bridgehead atoms. The number of anilines is 1. The molecular formula is C18H22N2O4. The number of carbonyl (C=O) groups is 2. The summed E-state index contributed by atoms with van der Waals surface area (Å²) < 4.78 is 0. The molecule has 2 aromatic carbocycles. The summed E-state index contributed by atoms with van der Waals surface area (Å²) in [5, 5.41) is 19.9. The average molecular weight is 330 g/mol. The Kier molecular flexibility index (Phi) is 5.76. The maximum atomic E-state index is 11.6. The third-order valence-electron chi connectivity index (χ3n) is 4.08. The Morgan fingerprint density at radius 3 is 2.38 bits per heavy atom. The lowest BCUT2D eigenvalue weighted by Crippen LogP contribution is -2.24. The molecule has 0 saturated carbocycles. The molecule has 0 aliphatic rings. The van der Waals surface area contributed by atoms with Crippen LogP contribution in [0.4, 0.5) is 5.69 Å². The molecule has 0 atom stereocenters. The highest BCUT2D eigenvalue weighted by atomic mass is 16.4. The molecule has 0 radical (unpaired) electrons. The maximum absolute atomic E-state index is 11.6. The van der Waals surface area contributed by atoms with Gasteiger partial charge in [-0.05, 0) is 55.3 Å². The summed E-state index contributed by atoms with van der Waals surface area (Å²) in [5.41, 5.74) is 6.05. The lowest BCUT2D eigenvalue weighted by atomic mass is 9.98. The number of nitrogens with zero attached hydrogens (tertiary/aromatic N) is 1. The fourth-order valence-electron chi connectivity index (χ4n) is 2.83. The van der Waals surface area contributed by atoms with Gasteiger partial charge in [0.15, 0.2) is 0 Å². The van der Waals surface area contributed by atoms with Crippen molar-refractivity contribution in [3.63, 3.8) is 0 Å². The molecule has 0 saturated heterocycles. The number of nitrogens with two attached hydrogens (primary N) is 1. The van der Waals surface area contributed by atoms with E-state index < -0.39 is 11.9 Å². The Labute approximate surface area is 140 Å². The third kappa shape index (κ3) is 3.65. The normalized spacial score (nSPS) is 10.8. The van der Waals surface area contributed by atoms with Gasteiger partial charge in [0.1, 0.15) is 0 Å². The Balaban J connectivity index is 2.53. The lowest BCUT2D eigenvalue weighted by molar-refractivity contribution is 0.0653. The van der Waals surface area contributed by atoms with Crippen molar-refractivity contribution < 1.29 is 19.8 Å². The number of hydrogen-bond acceptors (Lipinski definition) is 4. The second kappa shape index (κ2) is 7.79. The Morgan fingerprint density at radius 2 is 1.79 bits per heavy atom. The van der Waals surface area contributed by atoms with E-state index in [2.05, 4.69) is 4.90 Å². The molecule has 24 heavy (non-hydrogen) atoms. The van der Waals surface area contributed by atoms with Crippen LogP contribution in [0.3, 0.4) is 0 Å². The zero-order valence-electron chi connectivity index (χ0n) is 13.7. The van der Waals surface area contributed by atoms with Gasteiger partial charge >= 0.3 is 11.9 Å². The van der Waals surface area contributed by atoms with E-state index in [1.54, 1.807) is 12.1 Å². The van der Waals surface area contributed by atoms with Gasteiger partial charge in [-0.25, -0.2) is 9.59 Å². The van der Waals surface area contributed by atoms with Gasteiger partial charge in [-0.15, -0.1) is 0 Å².